The van der Waals surface area contributed by atoms with E-state index in [1.54, 1.807) is 13.2 Å². The lowest BCUT2D eigenvalue weighted by atomic mass is 9.71. The van der Waals surface area contributed by atoms with E-state index in [4.69, 9.17) is 4.74 Å². The molecule has 3 heteroatoms. The first-order valence-electron chi connectivity index (χ1n) is 7.08. The van der Waals surface area contributed by atoms with E-state index in [2.05, 4.69) is 6.92 Å². The van der Waals surface area contributed by atoms with Gasteiger partial charge in [-0.05, 0) is 61.6 Å². The summed E-state index contributed by atoms with van der Waals surface area (Å²) in [6.45, 7) is 4.12. The molecule has 2 N–H and O–H groups in total. The second kappa shape index (κ2) is 5.83. The van der Waals surface area contributed by atoms with Crippen molar-refractivity contribution in [1.82, 2.24) is 0 Å². The molecule has 0 aromatic heterocycles. The van der Waals surface area contributed by atoms with E-state index in [-0.39, 0.29) is 11.9 Å². The maximum atomic E-state index is 9.77. The number of ether oxygens (including phenoxy) is 1. The van der Waals surface area contributed by atoms with Crippen LogP contribution >= 0.6 is 0 Å². The summed E-state index contributed by atoms with van der Waals surface area (Å²) in [6, 6.07) is 5.63. The molecule has 106 valence electrons. The molecule has 4 unspecified atom stereocenters. The van der Waals surface area contributed by atoms with Gasteiger partial charge in [-0.3, -0.25) is 0 Å². The van der Waals surface area contributed by atoms with Gasteiger partial charge >= 0.3 is 0 Å². The number of aromatic hydroxyl groups is 1. The minimum absolute atomic E-state index is 0.192. The van der Waals surface area contributed by atoms with E-state index in [0.29, 0.717) is 23.5 Å². The molecule has 0 aliphatic heterocycles. The molecule has 1 aliphatic rings. The van der Waals surface area contributed by atoms with Crippen molar-refractivity contribution in [3.8, 4) is 11.5 Å². The fourth-order valence-corrected chi connectivity index (χ4v) is 3.39. The van der Waals surface area contributed by atoms with E-state index < -0.39 is 0 Å². The van der Waals surface area contributed by atoms with Gasteiger partial charge in [0.25, 0.3) is 0 Å². The van der Waals surface area contributed by atoms with Crippen LogP contribution in [0.1, 0.15) is 44.6 Å². The van der Waals surface area contributed by atoms with Gasteiger partial charge in [-0.15, -0.1) is 0 Å². The molecule has 4 atom stereocenters. The van der Waals surface area contributed by atoms with Gasteiger partial charge in [-0.2, -0.15) is 0 Å². The molecule has 0 saturated heterocycles. The number of methoxy groups -OCH3 is 1. The zero-order valence-electron chi connectivity index (χ0n) is 12.0. The molecule has 1 fully saturated rings. The Hall–Kier alpha value is -1.22. The van der Waals surface area contributed by atoms with Crippen molar-refractivity contribution in [3.63, 3.8) is 0 Å². The molecule has 2 rings (SSSR count). The standard InChI is InChI=1S/C16H24O3/c1-10-8-12(4-6-14(10)11(2)17)13-5-7-15(18)16(9-13)19-3/h5,7,9-12,14,17-18H,4,6,8H2,1-3H3. The Balaban J connectivity index is 2.12. The second-order valence-electron chi connectivity index (χ2n) is 5.82. The van der Waals surface area contributed by atoms with Gasteiger partial charge in [-0.1, -0.05) is 13.0 Å². The van der Waals surface area contributed by atoms with E-state index in [0.717, 1.165) is 19.3 Å². The van der Waals surface area contributed by atoms with E-state index in [1.165, 1.54) is 5.56 Å². The highest BCUT2D eigenvalue weighted by Crippen LogP contribution is 2.42. The fraction of sp³-hybridized carbons (Fsp3) is 0.625. The molecule has 0 amide bonds. The van der Waals surface area contributed by atoms with E-state index in [9.17, 15) is 10.2 Å². The number of phenolic OH excluding ortho intramolecular Hbond substituents is 1. The fourth-order valence-electron chi connectivity index (χ4n) is 3.39. The Morgan fingerprint density at radius 1 is 1.32 bits per heavy atom. The molecule has 3 nitrogen and oxygen atoms in total. The van der Waals surface area contributed by atoms with Crippen molar-refractivity contribution in [1.29, 1.82) is 0 Å². The van der Waals surface area contributed by atoms with Crippen LogP contribution in [-0.4, -0.2) is 23.4 Å². The molecule has 1 aromatic carbocycles. The summed E-state index contributed by atoms with van der Waals surface area (Å²) in [5.74, 6) is 2.17. The summed E-state index contributed by atoms with van der Waals surface area (Å²) >= 11 is 0. The summed E-state index contributed by atoms with van der Waals surface area (Å²) in [6.07, 6.45) is 3.02. The molecule has 1 saturated carbocycles. The van der Waals surface area contributed by atoms with Gasteiger partial charge in [0.05, 0.1) is 13.2 Å². The normalized spacial score (nSPS) is 28.9. The van der Waals surface area contributed by atoms with Crippen molar-refractivity contribution >= 4 is 0 Å². The molecule has 1 aliphatic carbocycles. The topological polar surface area (TPSA) is 49.7 Å². The molecule has 0 bridgehead atoms. The van der Waals surface area contributed by atoms with Crippen LogP contribution in [0.4, 0.5) is 0 Å². The average Bonchev–Trinajstić information content (AvgIpc) is 2.38. The third kappa shape index (κ3) is 3.03. The van der Waals surface area contributed by atoms with Crippen molar-refractivity contribution in [2.24, 2.45) is 11.8 Å². The summed E-state index contributed by atoms with van der Waals surface area (Å²) in [5, 5.41) is 19.4. The van der Waals surface area contributed by atoms with Gasteiger partial charge in [0.2, 0.25) is 0 Å². The van der Waals surface area contributed by atoms with Gasteiger partial charge < -0.3 is 14.9 Å². The Kier molecular flexibility index (Phi) is 4.35. The van der Waals surface area contributed by atoms with Crippen LogP contribution < -0.4 is 4.74 Å². The number of hydrogen-bond acceptors (Lipinski definition) is 3. The average molecular weight is 264 g/mol. The summed E-state index contributed by atoms with van der Waals surface area (Å²) in [7, 11) is 1.58. The van der Waals surface area contributed by atoms with Crippen molar-refractivity contribution in [2.45, 2.75) is 45.1 Å². The highest BCUT2D eigenvalue weighted by Gasteiger charge is 2.31. The minimum Gasteiger partial charge on any atom is -0.504 e. The van der Waals surface area contributed by atoms with Crippen LogP contribution in [-0.2, 0) is 0 Å². The number of aliphatic hydroxyl groups excluding tert-OH is 1. The van der Waals surface area contributed by atoms with Crippen LogP contribution in [0.2, 0.25) is 0 Å². The van der Waals surface area contributed by atoms with Crippen LogP contribution in [0.3, 0.4) is 0 Å². The predicted octanol–water partition coefficient (Wildman–Crippen LogP) is 3.30. The highest BCUT2D eigenvalue weighted by atomic mass is 16.5. The number of aliphatic hydroxyl groups is 1. The summed E-state index contributed by atoms with van der Waals surface area (Å²) in [4.78, 5) is 0. The molecular formula is C16H24O3. The Morgan fingerprint density at radius 3 is 2.63 bits per heavy atom. The first-order valence-corrected chi connectivity index (χ1v) is 7.08. The Bertz CT molecular complexity index is 428. The van der Waals surface area contributed by atoms with Crippen LogP contribution in [0.15, 0.2) is 18.2 Å². The lowest BCUT2D eigenvalue weighted by molar-refractivity contribution is 0.0621. The lowest BCUT2D eigenvalue weighted by Gasteiger charge is -2.36. The molecular weight excluding hydrogens is 240 g/mol. The third-order valence-corrected chi connectivity index (χ3v) is 4.53. The van der Waals surface area contributed by atoms with Crippen LogP contribution in [0.5, 0.6) is 11.5 Å². The Labute approximate surface area is 115 Å². The summed E-state index contributed by atoms with van der Waals surface area (Å²) < 4.78 is 5.17. The first-order chi connectivity index (χ1) is 9.02. The van der Waals surface area contributed by atoms with Gasteiger partial charge in [0.15, 0.2) is 11.5 Å². The number of rotatable bonds is 3. The van der Waals surface area contributed by atoms with Crippen LogP contribution in [0, 0.1) is 11.8 Å². The van der Waals surface area contributed by atoms with Gasteiger partial charge in [-0.25, -0.2) is 0 Å². The first kappa shape index (κ1) is 14.2. The third-order valence-electron chi connectivity index (χ3n) is 4.53. The van der Waals surface area contributed by atoms with E-state index in [1.807, 2.05) is 19.1 Å². The highest BCUT2D eigenvalue weighted by molar-refractivity contribution is 5.42. The minimum atomic E-state index is -0.217. The van der Waals surface area contributed by atoms with Crippen molar-refractivity contribution in [3.05, 3.63) is 23.8 Å². The maximum absolute atomic E-state index is 9.77. The van der Waals surface area contributed by atoms with Gasteiger partial charge in [0, 0.05) is 0 Å². The molecule has 1 aromatic rings. The largest absolute Gasteiger partial charge is 0.504 e. The molecule has 0 heterocycles. The summed E-state index contributed by atoms with van der Waals surface area (Å²) in [5.41, 5.74) is 1.23. The lowest BCUT2D eigenvalue weighted by Crippen LogP contribution is -2.29. The zero-order chi connectivity index (χ0) is 14.0. The van der Waals surface area contributed by atoms with E-state index >= 15 is 0 Å². The Morgan fingerprint density at radius 2 is 2.05 bits per heavy atom. The number of benzene rings is 1. The SMILES string of the molecule is COc1cc(C2CCC(C(C)O)C(C)C2)ccc1O. The molecule has 0 spiro atoms. The van der Waals surface area contributed by atoms with Gasteiger partial charge in [0.1, 0.15) is 0 Å². The monoisotopic (exact) mass is 264 g/mol. The molecule has 0 radical (unpaired) electrons. The van der Waals surface area contributed by atoms with Crippen molar-refractivity contribution < 1.29 is 14.9 Å². The molecule has 19 heavy (non-hydrogen) atoms. The second-order valence-corrected chi connectivity index (χ2v) is 5.82. The smallest absolute Gasteiger partial charge is 0.160 e. The van der Waals surface area contributed by atoms with Crippen LogP contribution in [0.25, 0.3) is 0 Å². The predicted molar refractivity (Wildman–Crippen MR) is 75.6 cm³/mol. The van der Waals surface area contributed by atoms with Crippen molar-refractivity contribution in [2.75, 3.05) is 7.11 Å². The zero-order valence-corrected chi connectivity index (χ0v) is 12.0. The quantitative estimate of drug-likeness (QED) is 0.880. The number of hydrogen-bond donors (Lipinski definition) is 2. The maximum Gasteiger partial charge on any atom is 0.160 e. The number of phenols is 1.